The molecule has 3 amide bonds. The van der Waals surface area contributed by atoms with Crippen molar-refractivity contribution >= 4 is 11.9 Å². The molecule has 126 valence electrons. The molecule has 1 atom stereocenters. The van der Waals surface area contributed by atoms with Crippen LogP contribution < -0.4 is 5.32 Å². The van der Waals surface area contributed by atoms with Crippen LogP contribution in [0.15, 0.2) is 28.8 Å². The summed E-state index contributed by atoms with van der Waals surface area (Å²) in [5.74, 6) is 0.581. The number of hydrogen-bond acceptors (Lipinski definition) is 5. The molecule has 1 fully saturated rings. The van der Waals surface area contributed by atoms with E-state index in [4.69, 9.17) is 4.52 Å². The van der Waals surface area contributed by atoms with E-state index in [9.17, 15) is 9.59 Å². The van der Waals surface area contributed by atoms with Gasteiger partial charge in [-0.25, -0.2) is 4.79 Å². The average molecular weight is 328 g/mol. The highest BCUT2D eigenvalue weighted by Gasteiger charge is 2.49. The van der Waals surface area contributed by atoms with Crippen molar-refractivity contribution in [3.05, 3.63) is 47.1 Å². The lowest BCUT2D eigenvalue weighted by molar-refractivity contribution is -0.131. The third-order valence-electron chi connectivity index (χ3n) is 4.20. The number of urea groups is 1. The summed E-state index contributed by atoms with van der Waals surface area (Å²) >= 11 is 0. The number of carbonyl (C=O) groups excluding carboxylic acids is 2. The Morgan fingerprint density at radius 3 is 2.50 bits per heavy atom. The van der Waals surface area contributed by atoms with Crippen LogP contribution in [0.5, 0.6) is 0 Å². The second-order valence-corrected chi connectivity index (χ2v) is 6.51. The fourth-order valence-corrected chi connectivity index (χ4v) is 2.63. The maximum absolute atomic E-state index is 12.8. The van der Waals surface area contributed by atoms with E-state index in [1.165, 1.54) is 0 Å². The van der Waals surface area contributed by atoms with Gasteiger partial charge in [0.2, 0.25) is 5.89 Å². The van der Waals surface area contributed by atoms with E-state index in [1.54, 1.807) is 6.92 Å². The second kappa shape index (κ2) is 5.74. The minimum absolute atomic E-state index is 0.0359. The van der Waals surface area contributed by atoms with Gasteiger partial charge in [0.05, 0.1) is 0 Å². The third-order valence-corrected chi connectivity index (χ3v) is 4.20. The number of nitrogens with zero attached hydrogens (tertiary/aromatic N) is 3. The number of rotatable bonds is 4. The van der Waals surface area contributed by atoms with Crippen molar-refractivity contribution < 1.29 is 14.1 Å². The minimum atomic E-state index is -1.09. The van der Waals surface area contributed by atoms with Gasteiger partial charge < -0.3 is 9.84 Å². The molecule has 0 radical (unpaired) electrons. The molecule has 0 unspecified atom stereocenters. The SMILES string of the molecule is Cc1ccc([C@@]2(C)NC(=O)N(Cc3nc(C(C)C)no3)C2=O)cc1. The Hall–Kier alpha value is -2.70. The Labute approximate surface area is 140 Å². The summed E-state index contributed by atoms with van der Waals surface area (Å²) in [5, 5.41) is 6.62. The first-order chi connectivity index (χ1) is 11.3. The first-order valence-corrected chi connectivity index (χ1v) is 7.85. The molecule has 0 bridgehead atoms. The van der Waals surface area contributed by atoms with Gasteiger partial charge in [-0.05, 0) is 19.4 Å². The summed E-state index contributed by atoms with van der Waals surface area (Å²) in [5.41, 5.74) is 0.733. The highest BCUT2D eigenvalue weighted by Crippen LogP contribution is 2.29. The third kappa shape index (κ3) is 2.66. The van der Waals surface area contributed by atoms with Gasteiger partial charge in [0.25, 0.3) is 5.91 Å². The Bertz CT molecular complexity index is 781. The summed E-state index contributed by atoms with van der Waals surface area (Å²) in [4.78, 5) is 30.4. The van der Waals surface area contributed by atoms with Crippen molar-refractivity contribution in [1.82, 2.24) is 20.4 Å². The summed E-state index contributed by atoms with van der Waals surface area (Å²) < 4.78 is 5.14. The van der Waals surface area contributed by atoms with Crippen LogP contribution in [0.25, 0.3) is 0 Å². The Balaban J connectivity index is 1.84. The average Bonchev–Trinajstić information content (AvgIpc) is 3.08. The molecule has 1 aromatic carbocycles. The number of imide groups is 1. The lowest BCUT2D eigenvalue weighted by atomic mass is 9.91. The molecule has 0 aliphatic carbocycles. The normalized spacial score (nSPS) is 20.8. The molecule has 2 heterocycles. The number of aromatic nitrogens is 2. The van der Waals surface area contributed by atoms with Gasteiger partial charge in [-0.3, -0.25) is 9.69 Å². The molecular formula is C17H20N4O3. The predicted molar refractivity (Wildman–Crippen MR) is 86.0 cm³/mol. The van der Waals surface area contributed by atoms with Crippen LogP contribution in [0.3, 0.4) is 0 Å². The van der Waals surface area contributed by atoms with Crippen molar-refractivity contribution in [1.29, 1.82) is 0 Å². The van der Waals surface area contributed by atoms with E-state index in [2.05, 4.69) is 15.5 Å². The number of carbonyl (C=O) groups is 2. The first-order valence-electron chi connectivity index (χ1n) is 7.85. The number of aryl methyl sites for hydroxylation is 1. The molecule has 7 heteroatoms. The van der Waals surface area contributed by atoms with Gasteiger partial charge in [0.15, 0.2) is 5.82 Å². The molecule has 1 aliphatic heterocycles. The maximum atomic E-state index is 12.8. The highest BCUT2D eigenvalue weighted by atomic mass is 16.5. The summed E-state index contributed by atoms with van der Waals surface area (Å²) in [6, 6.07) is 7.05. The quantitative estimate of drug-likeness (QED) is 0.871. The van der Waals surface area contributed by atoms with Crippen LogP contribution >= 0.6 is 0 Å². The van der Waals surface area contributed by atoms with Gasteiger partial charge in [-0.1, -0.05) is 48.8 Å². The van der Waals surface area contributed by atoms with Crippen LogP contribution in [0.2, 0.25) is 0 Å². The Kier molecular flexibility index (Phi) is 3.87. The molecule has 0 saturated carbocycles. The summed E-state index contributed by atoms with van der Waals surface area (Å²) in [6.45, 7) is 7.51. The minimum Gasteiger partial charge on any atom is -0.337 e. The van der Waals surface area contributed by atoms with Crippen LogP contribution in [0.1, 0.15) is 49.5 Å². The predicted octanol–water partition coefficient (Wildman–Crippen LogP) is 2.47. The molecular weight excluding hydrogens is 308 g/mol. The lowest BCUT2D eigenvalue weighted by Crippen LogP contribution is -2.40. The summed E-state index contributed by atoms with van der Waals surface area (Å²) in [6.07, 6.45) is 0. The Morgan fingerprint density at radius 2 is 1.92 bits per heavy atom. The van der Waals surface area contributed by atoms with Crippen molar-refractivity contribution in [2.75, 3.05) is 0 Å². The van der Waals surface area contributed by atoms with Crippen LogP contribution in [0.4, 0.5) is 4.79 Å². The molecule has 1 N–H and O–H groups in total. The van der Waals surface area contributed by atoms with Gasteiger partial charge >= 0.3 is 6.03 Å². The van der Waals surface area contributed by atoms with E-state index in [0.29, 0.717) is 5.82 Å². The summed E-state index contributed by atoms with van der Waals surface area (Å²) in [7, 11) is 0. The van der Waals surface area contributed by atoms with E-state index < -0.39 is 11.6 Å². The molecule has 1 saturated heterocycles. The Morgan fingerprint density at radius 1 is 1.25 bits per heavy atom. The van der Waals surface area contributed by atoms with E-state index >= 15 is 0 Å². The van der Waals surface area contributed by atoms with Crippen LogP contribution in [-0.2, 0) is 16.9 Å². The number of benzene rings is 1. The fourth-order valence-electron chi connectivity index (χ4n) is 2.63. The molecule has 7 nitrogen and oxygen atoms in total. The van der Waals surface area contributed by atoms with E-state index in [0.717, 1.165) is 16.0 Å². The van der Waals surface area contributed by atoms with Gasteiger partial charge in [0, 0.05) is 5.92 Å². The molecule has 0 spiro atoms. The monoisotopic (exact) mass is 328 g/mol. The second-order valence-electron chi connectivity index (χ2n) is 6.51. The molecule has 1 aromatic heterocycles. The zero-order valence-corrected chi connectivity index (χ0v) is 14.2. The van der Waals surface area contributed by atoms with E-state index in [-0.39, 0.29) is 24.3 Å². The highest BCUT2D eigenvalue weighted by molar-refractivity contribution is 6.07. The topological polar surface area (TPSA) is 88.3 Å². The van der Waals surface area contributed by atoms with Crippen LogP contribution in [0, 0.1) is 6.92 Å². The lowest BCUT2D eigenvalue weighted by Gasteiger charge is -2.22. The smallest absolute Gasteiger partial charge is 0.325 e. The van der Waals surface area contributed by atoms with Crippen molar-refractivity contribution in [2.24, 2.45) is 0 Å². The number of nitrogens with one attached hydrogen (secondary N) is 1. The van der Waals surface area contributed by atoms with Crippen molar-refractivity contribution in [2.45, 2.75) is 45.7 Å². The van der Waals surface area contributed by atoms with E-state index in [1.807, 2.05) is 45.0 Å². The molecule has 24 heavy (non-hydrogen) atoms. The van der Waals surface area contributed by atoms with Crippen molar-refractivity contribution in [3.8, 4) is 0 Å². The molecule has 2 aromatic rings. The van der Waals surface area contributed by atoms with Gasteiger partial charge in [-0.15, -0.1) is 0 Å². The molecule has 3 rings (SSSR count). The van der Waals surface area contributed by atoms with Gasteiger partial charge in [0.1, 0.15) is 12.1 Å². The fraction of sp³-hybridized carbons (Fsp3) is 0.412. The zero-order valence-electron chi connectivity index (χ0n) is 14.2. The van der Waals surface area contributed by atoms with Gasteiger partial charge in [-0.2, -0.15) is 4.98 Å². The number of hydrogen-bond donors (Lipinski definition) is 1. The first kappa shape index (κ1) is 16.2. The van der Waals surface area contributed by atoms with Crippen LogP contribution in [-0.4, -0.2) is 27.0 Å². The maximum Gasteiger partial charge on any atom is 0.325 e. The number of amides is 3. The zero-order chi connectivity index (χ0) is 17.5. The standard InChI is InChI=1S/C17H20N4O3/c1-10(2)14-18-13(24-20-14)9-21-15(22)17(4,19-16(21)23)12-7-5-11(3)6-8-12/h5-8,10H,9H2,1-4H3,(H,19,23)/t17-/m1/s1. The molecule has 1 aliphatic rings. The van der Waals surface area contributed by atoms with Crippen molar-refractivity contribution in [3.63, 3.8) is 0 Å². The largest absolute Gasteiger partial charge is 0.337 e.